The zero-order valence-electron chi connectivity index (χ0n) is 16.0. The second kappa shape index (κ2) is 9.28. The smallest absolute Gasteiger partial charge is 0.376 e. The van der Waals surface area contributed by atoms with Crippen molar-refractivity contribution in [3.8, 4) is 23.0 Å². The third-order valence-electron chi connectivity index (χ3n) is 3.89. The van der Waals surface area contributed by atoms with Gasteiger partial charge in [-0.3, -0.25) is 4.21 Å². The average Bonchev–Trinajstić information content (AvgIpc) is 3.07. The van der Waals surface area contributed by atoms with Gasteiger partial charge in [-0.1, -0.05) is 11.6 Å². The molecule has 2 atom stereocenters. The number of pyridine rings is 2. The van der Waals surface area contributed by atoms with E-state index in [4.69, 9.17) is 21.1 Å². The third-order valence-corrected chi connectivity index (χ3v) is 5.17. The van der Waals surface area contributed by atoms with Gasteiger partial charge in [0.05, 0.1) is 22.8 Å². The largest absolute Gasteiger partial charge is 0.464 e. The van der Waals surface area contributed by atoms with E-state index in [2.05, 4.69) is 19.8 Å². The van der Waals surface area contributed by atoms with Crippen molar-refractivity contribution in [1.82, 2.24) is 19.7 Å². The molecule has 0 saturated heterocycles. The molecule has 0 aliphatic rings. The molecule has 0 aromatic carbocycles. The number of hydrogen-bond acceptors (Lipinski definition) is 8. The maximum atomic E-state index is 13.3. The summed E-state index contributed by atoms with van der Waals surface area (Å²) in [5.74, 6) is -1.45. The van der Waals surface area contributed by atoms with Gasteiger partial charge in [0.1, 0.15) is 10.7 Å². The van der Waals surface area contributed by atoms with E-state index in [1.165, 1.54) is 43.6 Å². The van der Waals surface area contributed by atoms with Crippen LogP contribution in [0, 0.1) is 5.95 Å². The Morgan fingerprint density at radius 3 is 2.63 bits per heavy atom. The number of hydrogen-bond donors (Lipinski definition) is 0. The Balaban J connectivity index is 2.22. The minimum absolute atomic E-state index is 0.0205. The van der Waals surface area contributed by atoms with Crippen LogP contribution < -0.4 is 4.74 Å². The van der Waals surface area contributed by atoms with Crippen molar-refractivity contribution in [2.24, 2.45) is 0 Å². The van der Waals surface area contributed by atoms with E-state index in [-0.39, 0.29) is 22.4 Å². The molecule has 0 fully saturated rings. The minimum Gasteiger partial charge on any atom is -0.464 e. The van der Waals surface area contributed by atoms with Gasteiger partial charge in [0, 0.05) is 31.3 Å². The minimum atomic E-state index is -1.43. The summed E-state index contributed by atoms with van der Waals surface area (Å²) in [6.45, 7) is 0. The maximum absolute atomic E-state index is 13.3. The van der Waals surface area contributed by atoms with Gasteiger partial charge in [-0.05, 0) is 24.3 Å². The summed E-state index contributed by atoms with van der Waals surface area (Å²) >= 11 is 6.49. The number of carbonyl (C=O) groups is 1. The molecule has 0 N–H and O–H groups in total. The molecular weight excluding hydrogens is 439 g/mol. The first-order chi connectivity index (χ1) is 14.4. The normalized spacial score (nSPS) is 13.0. The molecule has 0 amide bonds. The predicted octanol–water partition coefficient (Wildman–Crippen LogP) is 2.38. The lowest BCUT2D eigenvalue weighted by molar-refractivity contribution is -0.170. The predicted molar refractivity (Wildman–Crippen MR) is 105 cm³/mol. The average molecular weight is 455 g/mol. The van der Waals surface area contributed by atoms with Crippen LogP contribution in [0.15, 0.2) is 41.6 Å². The zero-order chi connectivity index (χ0) is 21.8. The van der Waals surface area contributed by atoms with Gasteiger partial charge in [-0.15, -0.1) is 5.10 Å². The number of ether oxygens (including phenoxy) is 3. The van der Waals surface area contributed by atoms with Crippen LogP contribution in [-0.2, 0) is 25.1 Å². The molecule has 30 heavy (non-hydrogen) atoms. The molecule has 0 radical (unpaired) electrons. The second-order valence-electron chi connectivity index (χ2n) is 5.74. The van der Waals surface area contributed by atoms with E-state index in [1.807, 2.05) is 0 Å². The van der Waals surface area contributed by atoms with Gasteiger partial charge < -0.3 is 14.2 Å². The number of halogens is 2. The van der Waals surface area contributed by atoms with Gasteiger partial charge in [-0.2, -0.15) is 4.39 Å². The SMILES string of the molecule is COC(=O)C(OC)Oc1nn(-c2ncccc2S(C)=O)c(-c2ccc(F)nc2)c1Cl. The molecule has 3 aromatic heterocycles. The van der Waals surface area contributed by atoms with Crippen LogP contribution in [-0.4, -0.2) is 56.7 Å². The van der Waals surface area contributed by atoms with Crippen LogP contribution in [0.1, 0.15) is 0 Å². The fourth-order valence-electron chi connectivity index (χ4n) is 2.53. The Hall–Kier alpha value is -2.89. The summed E-state index contributed by atoms with van der Waals surface area (Å²) < 4.78 is 41.9. The summed E-state index contributed by atoms with van der Waals surface area (Å²) in [5.41, 5.74) is 0.624. The highest BCUT2D eigenvalue weighted by molar-refractivity contribution is 7.84. The number of methoxy groups -OCH3 is 2. The number of rotatable bonds is 7. The maximum Gasteiger partial charge on any atom is 0.376 e. The molecule has 12 heteroatoms. The molecule has 158 valence electrons. The zero-order valence-corrected chi connectivity index (χ0v) is 17.6. The highest BCUT2D eigenvalue weighted by Crippen LogP contribution is 2.38. The van der Waals surface area contributed by atoms with Crippen molar-refractivity contribution in [1.29, 1.82) is 0 Å². The summed E-state index contributed by atoms with van der Waals surface area (Å²) in [6, 6.07) is 5.83. The lowest BCUT2D eigenvalue weighted by Gasteiger charge is -2.13. The van der Waals surface area contributed by atoms with Crippen molar-refractivity contribution in [3.05, 3.63) is 47.6 Å². The van der Waals surface area contributed by atoms with Crippen LogP contribution in [0.4, 0.5) is 4.39 Å². The van der Waals surface area contributed by atoms with Crippen molar-refractivity contribution < 1.29 is 27.6 Å². The van der Waals surface area contributed by atoms with Crippen LogP contribution in [0.5, 0.6) is 5.88 Å². The van der Waals surface area contributed by atoms with E-state index in [1.54, 1.807) is 12.1 Å². The highest BCUT2D eigenvalue weighted by atomic mass is 35.5. The molecule has 0 aliphatic heterocycles. The fraction of sp³-hybridized carbons (Fsp3) is 0.222. The van der Waals surface area contributed by atoms with Crippen molar-refractivity contribution >= 4 is 28.4 Å². The first-order valence-corrected chi connectivity index (χ1v) is 10.3. The molecule has 0 aliphatic carbocycles. The number of aromatic nitrogens is 4. The highest BCUT2D eigenvalue weighted by Gasteiger charge is 2.28. The Kier molecular flexibility index (Phi) is 6.75. The number of nitrogens with zero attached hydrogens (tertiary/aromatic N) is 4. The molecular formula is C18H16ClFN4O5S. The van der Waals surface area contributed by atoms with Crippen molar-refractivity contribution in [2.75, 3.05) is 20.5 Å². The van der Waals surface area contributed by atoms with Crippen LogP contribution in [0.2, 0.25) is 5.02 Å². The quantitative estimate of drug-likeness (QED) is 0.304. The molecule has 2 unspecified atom stereocenters. The first kappa shape index (κ1) is 21.8. The monoisotopic (exact) mass is 454 g/mol. The summed E-state index contributed by atoms with van der Waals surface area (Å²) in [5, 5.41) is 4.26. The van der Waals surface area contributed by atoms with Gasteiger partial charge >= 0.3 is 12.3 Å². The summed E-state index contributed by atoms with van der Waals surface area (Å²) in [7, 11) is 1.01. The summed E-state index contributed by atoms with van der Waals surface area (Å²) in [4.78, 5) is 20.1. The van der Waals surface area contributed by atoms with Gasteiger partial charge in [0.2, 0.25) is 5.95 Å². The van der Waals surface area contributed by atoms with Crippen molar-refractivity contribution in [2.45, 2.75) is 11.2 Å². The topological polar surface area (TPSA) is 105 Å². The number of carbonyl (C=O) groups excluding carboxylic acids is 1. The third kappa shape index (κ3) is 4.32. The molecule has 3 rings (SSSR count). The first-order valence-electron chi connectivity index (χ1n) is 8.34. The fourth-order valence-corrected chi connectivity index (χ4v) is 3.47. The Morgan fingerprint density at radius 1 is 1.27 bits per heavy atom. The van der Waals surface area contributed by atoms with Gasteiger partial charge in [-0.25, -0.2) is 19.4 Å². The van der Waals surface area contributed by atoms with Crippen LogP contribution in [0.3, 0.4) is 0 Å². The van der Waals surface area contributed by atoms with Gasteiger partial charge in [0.25, 0.3) is 5.88 Å². The Morgan fingerprint density at radius 2 is 2.03 bits per heavy atom. The lowest BCUT2D eigenvalue weighted by Crippen LogP contribution is -2.30. The second-order valence-corrected chi connectivity index (χ2v) is 7.46. The molecule has 0 spiro atoms. The van der Waals surface area contributed by atoms with Crippen LogP contribution in [0.25, 0.3) is 17.1 Å². The Bertz CT molecular complexity index is 1090. The molecule has 0 saturated carbocycles. The summed E-state index contributed by atoms with van der Waals surface area (Å²) in [6.07, 6.45) is 2.79. The van der Waals surface area contributed by atoms with E-state index < -0.39 is 29.0 Å². The molecule has 9 nitrogen and oxygen atoms in total. The molecule has 3 heterocycles. The Labute approximate surface area is 178 Å². The standard InChI is InChI=1S/C18H16ClFN4O5S/c1-27-17(25)18(28-2)29-16-13(19)14(10-6-7-12(20)22-9-10)24(23-16)15-11(30(3)26)5-4-8-21-15/h4-9,18H,1-3H3. The molecule has 0 bridgehead atoms. The van der Waals surface area contributed by atoms with E-state index in [9.17, 15) is 13.4 Å². The lowest BCUT2D eigenvalue weighted by atomic mass is 10.2. The van der Waals surface area contributed by atoms with Crippen molar-refractivity contribution in [3.63, 3.8) is 0 Å². The van der Waals surface area contributed by atoms with Gasteiger partial charge in [0.15, 0.2) is 5.82 Å². The van der Waals surface area contributed by atoms with Crippen LogP contribution >= 0.6 is 11.6 Å². The molecule has 3 aromatic rings. The van der Waals surface area contributed by atoms with E-state index in [0.717, 1.165) is 6.07 Å². The van der Waals surface area contributed by atoms with E-state index >= 15 is 0 Å². The number of esters is 1. The van der Waals surface area contributed by atoms with E-state index in [0.29, 0.717) is 10.5 Å².